The summed E-state index contributed by atoms with van der Waals surface area (Å²) in [5.74, 6) is 0.353. The van der Waals surface area contributed by atoms with Crippen molar-refractivity contribution < 1.29 is 18.6 Å². The normalized spacial score (nSPS) is 28.5. The molecule has 0 radical (unpaired) electrons. The van der Waals surface area contributed by atoms with E-state index in [1.807, 2.05) is 18.2 Å². The fraction of sp³-hybridized carbons (Fsp3) is 0.630. The summed E-state index contributed by atoms with van der Waals surface area (Å²) in [6, 6.07) is 10.2. The van der Waals surface area contributed by atoms with Crippen molar-refractivity contribution in [2.45, 2.75) is 89.0 Å². The molecule has 6 heteroatoms. The molecule has 1 aromatic carbocycles. The van der Waals surface area contributed by atoms with E-state index in [0.717, 1.165) is 24.8 Å². The lowest BCUT2D eigenvalue weighted by molar-refractivity contribution is -0.214. The fourth-order valence-corrected chi connectivity index (χ4v) is 5.68. The summed E-state index contributed by atoms with van der Waals surface area (Å²) >= 11 is 2.29. The summed E-state index contributed by atoms with van der Waals surface area (Å²) in [6.07, 6.45) is 9.46. The molecule has 2 heterocycles. The number of hydrogen-bond acceptors (Lipinski definition) is 4. The molecule has 0 aromatic heterocycles. The predicted octanol–water partition coefficient (Wildman–Crippen LogP) is 7.40. The summed E-state index contributed by atoms with van der Waals surface area (Å²) in [7, 11) is -1.89. The molecule has 0 amide bonds. The third kappa shape index (κ3) is 6.79. The summed E-state index contributed by atoms with van der Waals surface area (Å²) in [6.45, 7) is 15.2. The minimum atomic E-state index is -1.89. The molecular weight excluding hydrogens is 543 g/mol. The van der Waals surface area contributed by atoms with Crippen molar-refractivity contribution in [1.29, 1.82) is 0 Å². The molecule has 1 saturated heterocycles. The topological polar surface area (TPSA) is 36.9 Å². The van der Waals surface area contributed by atoms with Crippen LogP contribution < -0.4 is 0 Å². The van der Waals surface area contributed by atoms with E-state index in [0.29, 0.717) is 19.1 Å². The Balaban J connectivity index is 1.67. The molecule has 184 valence electrons. The Kier molecular flexibility index (Phi) is 9.06. The van der Waals surface area contributed by atoms with Crippen molar-refractivity contribution in [2.24, 2.45) is 5.92 Å². The van der Waals surface area contributed by atoms with Gasteiger partial charge in [-0.05, 0) is 40.1 Å². The van der Waals surface area contributed by atoms with Crippen LogP contribution in [-0.2, 0) is 25.2 Å². The van der Waals surface area contributed by atoms with Crippen LogP contribution in [0.3, 0.4) is 0 Å². The average Bonchev–Trinajstić information content (AvgIpc) is 3.06. The first kappa shape index (κ1) is 27.1. The van der Waals surface area contributed by atoms with E-state index in [9.17, 15) is 0 Å². The maximum atomic E-state index is 6.87. The summed E-state index contributed by atoms with van der Waals surface area (Å²) < 4.78 is 27.7. The zero-order chi connectivity index (χ0) is 24.2. The van der Waals surface area contributed by atoms with Gasteiger partial charge in [0.2, 0.25) is 0 Å². The van der Waals surface area contributed by atoms with Crippen molar-refractivity contribution >= 4 is 30.9 Å². The fourth-order valence-electron chi connectivity index (χ4n) is 4.34. The second-order valence-corrected chi connectivity index (χ2v) is 16.7. The van der Waals surface area contributed by atoms with Gasteiger partial charge in [-0.25, -0.2) is 0 Å². The highest BCUT2D eigenvalue weighted by molar-refractivity contribution is 14.1. The van der Waals surface area contributed by atoms with E-state index in [1.54, 1.807) is 0 Å². The second-order valence-electron chi connectivity index (χ2n) is 11.2. The van der Waals surface area contributed by atoms with Crippen LogP contribution in [0.2, 0.25) is 18.1 Å². The molecule has 4 nitrogen and oxygen atoms in total. The van der Waals surface area contributed by atoms with Gasteiger partial charge in [0.15, 0.2) is 8.32 Å². The molecule has 0 spiro atoms. The lowest BCUT2D eigenvalue weighted by Gasteiger charge is -2.48. The first-order valence-corrected chi connectivity index (χ1v) is 16.2. The molecular formula is C27H41IO4Si. The first-order valence-electron chi connectivity index (χ1n) is 12.0. The number of ether oxygens (including phenoxy) is 3. The van der Waals surface area contributed by atoms with Crippen LogP contribution in [0.1, 0.15) is 52.5 Å². The molecule has 2 aliphatic heterocycles. The standard InChI is InChI=1S/C27H41IO4Si/c1-22(11-10-16-28)27-15-14-26(32-27,20-31-33(5,6)25(2,3)4)17-24(18-27)30-21-29-19-23-12-8-7-9-13-23/h7-10,12-16,22,24H,11,17-21H2,1-6H3/b16-10-/t22-,24-,26+,27-/m1/s1. The van der Waals surface area contributed by atoms with E-state index in [2.05, 4.69) is 97.8 Å². The molecule has 0 saturated carbocycles. The Morgan fingerprint density at radius 1 is 1.18 bits per heavy atom. The number of rotatable bonds is 11. The van der Waals surface area contributed by atoms with Gasteiger partial charge >= 0.3 is 0 Å². The third-order valence-electron chi connectivity index (χ3n) is 7.58. The average molecular weight is 585 g/mol. The monoisotopic (exact) mass is 584 g/mol. The molecule has 2 aliphatic rings. The van der Waals surface area contributed by atoms with Crippen LogP contribution in [0, 0.1) is 5.92 Å². The van der Waals surface area contributed by atoms with E-state index in [-0.39, 0.29) is 23.5 Å². The zero-order valence-electron chi connectivity index (χ0n) is 21.1. The van der Waals surface area contributed by atoms with Gasteiger partial charge in [-0.3, -0.25) is 0 Å². The van der Waals surface area contributed by atoms with Crippen LogP contribution in [0.4, 0.5) is 0 Å². The molecule has 2 bridgehead atoms. The summed E-state index contributed by atoms with van der Waals surface area (Å²) in [5.41, 5.74) is 0.403. The summed E-state index contributed by atoms with van der Waals surface area (Å²) in [5, 5.41) is 0.164. The molecule has 3 rings (SSSR count). The number of halogens is 1. The number of benzene rings is 1. The molecule has 0 aliphatic carbocycles. The summed E-state index contributed by atoms with van der Waals surface area (Å²) in [4.78, 5) is 0. The first-order chi connectivity index (χ1) is 15.5. The zero-order valence-corrected chi connectivity index (χ0v) is 24.3. The highest BCUT2D eigenvalue weighted by atomic mass is 127. The number of hydrogen-bond donors (Lipinski definition) is 0. The maximum Gasteiger partial charge on any atom is 0.192 e. The van der Waals surface area contributed by atoms with Gasteiger partial charge in [0.05, 0.1) is 24.9 Å². The van der Waals surface area contributed by atoms with Crippen molar-refractivity contribution in [3.63, 3.8) is 0 Å². The van der Waals surface area contributed by atoms with Gasteiger partial charge in [-0.15, -0.1) is 0 Å². The lowest BCUT2D eigenvalue weighted by Crippen LogP contribution is -2.54. The van der Waals surface area contributed by atoms with Crippen molar-refractivity contribution in [3.05, 3.63) is 58.2 Å². The quantitative estimate of drug-likeness (QED) is 0.0893. The van der Waals surface area contributed by atoms with E-state index in [4.69, 9.17) is 18.6 Å². The maximum absolute atomic E-state index is 6.87. The Morgan fingerprint density at radius 2 is 1.91 bits per heavy atom. The van der Waals surface area contributed by atoms with Gasteiger partial charge in [-0.2, -0.15) is 0 Å². The van der Waals surface area contributed by atoms with Crippen LogP contribution in [0.15, 0.2) is 52.6 Å². The molecule has 33 heavy (non-hydrogen) atoms. The van der Waals surface area contributed by atoms with Crippen molar-refractivity contribution in [2.75, 3.05) is 13.4 Å². The van der Waals surface area contributed by atoms with Crippen LogP contribution in [0.5, 0.6) is 0 Å². The van der Waals surface area contributed by atoms with E-state index >= 15 is 0 Å². The third-order valence-corrected chi connectivity index (χ3v) is 12.6. The van der Waals surface area contributed by atoms with E-state index in [1.165, 1.54) is 0 Å². The SMILES string of the molecule is C[C@H](C/C=C\I)[C@@]12C=C[C@@](CO[Si](C)(C)C(C)(C)C)(C[C@@H](OCOCc3ccccc3)C1)O2. The Morgan fingerprint density at radius 3 is 2.58 bits per heavy atom. The number of allylic oxidation sites excluding steroid dienone is 1. The predicted molar refractivity (Wildman–Crippen MR) is 146 cm³/mol. The Labute approximate surface area is 215 Å². The molecule has 1 fully saturated rings. The lowest BCUT2D eigenvalue weighted by atomic mass is 9.80. The Hall–Kier alpha value is -0.513. The van der Waals surface area contributed by atoms with Gasteiger partial charge in [0, 0.05) is 12.8 Å². The molecule has 1 aromatic rings. The van der Waals surface area contributed by atoms with Gasteiger partial charge in [0.1, 0.15) is 12.4 Å². The van der Waals surface area contributed by atoms with Gasteiger partial charge in [0.25, 0.3) is 0 Å². The van der Waals surface area contributed by atoms with Crippen molar-refractivity contribution in [3.8, 4) is 0 Å². The second kappa shape index (κ2) is 11.0. The molecule has 0 N–H and O–H groups in total. The smallest absolute Gasteiger partial charge is 0.192 e. The molecule has 4 atom stereocenters. The van der Waals surface area contributed by atoms with E-state index < -0.39 is 13.9 Å². The van der Waals surface area contributed by atoms with Gasteiger partial charge in [-0.1, -0.05) is 98.8 Å². The van der Waals surface area contributed by atoms with Crippen LogP contribution in [0.25, 0.3) is 0 Å². The van der Waals surface area contributed by atoms with Crippen LogP contribution >= 0.6 is 22.6 Å². The van der Waals surface area contributed by atoms with Gasteiger partial charge < -0.3 is 18.6 Å². The van der Waals surface area contributed by atoms with Crippen molar-refractivity contribution in [1.82, 2.24) is 0 Å². The van der Waals surface area contributed by atoms with Crippen LogP contribution in [-0.4, -0.2) is 39.0 Å². The highest BCUT2D eigenvalue weighted by Gasteiger charge is 2.55. The largest absolute Gasteiger partial charge is 0.414 e. The Bertz CT molecular complexity index is 819. The minimum absolute atomic E-state index is 0.0681. The number of fused-ring (bicyclic) bond motifs is 2. The highest BCUT2D eigenvalue weighted by Crippen LogP contribution is 2.49. The molecule has 0 unspecified atom stereocenters. The minimum Gasteiger partial charge on any atom is -0.414 e.